The molecule has 3 rings (SSSR count). The quantitative estimate of drug-likeness (QED) is 0.332. The van der Waals surface area contributed by atoms with Gasteiger partial charge in [0.2, 0.25) is 0 Å². The van der Waals surface area contributed by atoms with Gasteiger partial charge in [-0.05, 0) is 30.0 Å². The lowest BCUT2D eigenvalue weighted by Gasteiger charge is -2.09. The Morgan fingerprint density at radius 1 is 1.13 bits per heavy atom. The van der Waals surface area contributed by atoms with Gasteiger partial charge in [0.1, 0.15) is 11.8 Å². The van der Waals surface area contributed by atoms with Crippen LogP contribution in [0.15, 0.2) is 48.5 Å². The minimum atomic E-state index is -0.478. The molecule has 0 bridgehead atoms. The summed E-state index contributed by atoms with van der Waals surface area (Å²) in [5.74, 6) is -0.478. The number of carbonyl (C=O) groups is 1. The summed E-state index contributed by atoms with van der Waals surface area (Å²) in [5.41, 5.74) is 4.33. The molecule has 0 saturated carbocycles. The van der Waals surface area contributed by atoms with E-state index in [1.165, 1.54) is 12.1 Å². The number of benzene rings is 2. The van der Waals surface area contributed by atoms with Crippen molar-refractivity contribution < 1.29 is 14.5 Å². The number of nitriles is 1. The van der Waals surface area contributed by atoms with Crippen LogP contribution in [0.2, 0.25) is 0 Å². The second-order valence-corrected chi connectivity index (χ2v) is 6.67. The summed E-state index contributed by atoms with van der Waals surface area (Å²) >= 11 is 0. The highest BCUT2D eigenvalue weighted by Crippen LogP contribution is 2.34. The van der Waals surface area contributed by atoms with Crippen molar-refractivity contribution in [1.82, 2.24) is 4.57 Å². The van der Waals surface area contributed by atoms with Crippen molar-refractivity contribution in [2.45, 2.75) is 20.3 Å². The van der Waals surface area contributed by atoms with Gasteiger partial charge in [-0.25, -0.2) is 4.79 Å². The van der Waals surface area contributed by atoms with Gasteiger partial charge in [-0.2, -0.15) is 5.26 Å². The highest BCUT2D eigenvalue weighted by molar-refractivity contribution is 5.98. The number of esters is 1. The molecule has 0 N–H and O–H groups in total. The van der Waals surface area contributed by atoms with Crippen LogP contribution in [-0.2, 0) is 18.2 Å². The fourth-order valence-corrected chi connectivity index (χ4v) is 3.62. The molecule has 2 aromatic carbocycles. The van der Waals surface area contributed by atoms with Crippen molar-refractivity contribution in [2.24, 2.45) is 7.05 Å². The van der Waals surface area contributed by atoms with E-state index < -0.39 is 10.9 Å². The second-order valence-electron chi connectivity index (χ2n) is 6.67. The number of carbonyl (C=O) groups excluding carboxylic acids is 1. The van der Waals surface area contributed by atoms with Crippen LogP contribution in [0, 0.1) is 21.4 Å². The number of non-ortho nitro benzene ring substituents is 1. The number of nitrogens with zero attached hydrogens (tertiary/aromatic N) is 3. The Morgan fingerprint density at radius 2 is 1.80 bits per heavy atom. The van der Waals surface area contributed by atoms with Crippen LogP contribution in [0.5, 0.6) is 0 Å². The second kappa shape index (κ2) is 8.62. The van der Waals surface area contributed by atoms with E-state index in [2.05, 4.69) is 6.07 Å². The van der Waals surface area contributed by atoms with E-state index in [1.54, 1.807) is 30.7 Å². The molecule has 3 aromatic rings. The molecule has 7 heteroatoms. The molecule has 1 heterocycles. The van der Waals surface area contributed by atoms with Gasteiger partial charge in [0.25, 0.3) is 5.69 Å². The first-order valence-electron chi connectivity index (χ1n) is 9.56. The molecular formula is C23H21N3O4. The van der Waals surface area contributed by atoms with Gasteiger partial charge in [0, 0.05) is 30.4 Å². The zero-order valence-electron chi connectivity index (χ0n) is 17.0. The van der Waals surface area contributed by atoms with E-state index in [1.807, 2.05) is 31.2 Å². The molecule has 0 aliphatic rings. The molecule has 0 fully saturated rings. The van der Waals surface area contributed by atoms with E-state index >= 15 is 0 Å². The first kappa shape index (κ1) is 20.8. The van der Waals surface area contributed by atoms with Gasteiger partial charge in [-0.3, -0.25) is 10.1 Å². The Morgan fingerprint density at radius 3 is 2.37 bits per heavy atom. The number of nitro benzene ring substituents is 1. The monoisotopic (exact) mass is 403 g/mol. The molecule has 0 atom stereocenters. The summed E-state index contributed by atoms with van der Waals surface area (Å²) in [6, 6.07) is 15.9. The largest absolute Gasteiger partial charge is 0.461 e. The number of hydrogen-bond donors (Lipinski definition) is 0. The molecular weight excluding hydrogens is 382 g/mol. The van der Waals surface area contributed by atoms with Crippen LogP contribution in [-0.4, -0.2) is 22.1 Å². The predicted molar refractivity (Wildman–Crippen MR) is 113 cm³/mol. The fourth-order valence-electron chi connectivity index (χ4n) is 3.62. The van der Waals surface area contributed by atoms with Crippen molar-refractivity contribution in [3.05, 3.63) is 75.6 Å². The van der Waals surface area contributed by atoms with Crippen LogP contribution in [0.3, 0.4) is 0 Å². The highest BCUT2D eigenvalue weighted by atomic mass is 16.6. The normalized spacial score (nSPS) is 10.5. The zero-order chi connectivity index (χ0) is 21.8. The summed E-state index contributed by atoms with van der Waals surface area (Å²) in [7, 11) is 1.76. The van der Waals surface area contributed by atoms with Gasteiger partial charge in [0.15, 0.2) is 0 Å². The van der Waals surface area contributed by atoms with Crippen LogP contribution in [0.4, 0.5) is 5.69 Å². The molecule has 0 radical (unpaired) electrons. The predicted octanol–water partition coefficient (Wildman–Crippen LogP) is 4.88. The Kier molecular flexibility index (Phi) is 5.98. The van der Waals surface area contributed by atoms with E-state index in [-0.39, 0.29) is 12.3 Å². The Balaban J connectivity index is 2.13. The molecule has 152 valence electrons. The third kappa shape index (κ3) is 3.67. The van der Waals surface area contributed by atoms with E-state index in [9.17, 15) is 20.2 Å². The fraction of sp³-hybridized carbons (Fsp3) is 0.217. The van der Waals surface area contributed by atoms with Crippen molar-refractivity contribution in [3.8, 4) is 28.3 Å². The molecule has 30 heavy (non-hydrogen) atoms. The molecule has 1 aromatic heterocycles. The molecule has 7 nitrogen and oxygen atoms in total. The first-order valence-corrected chi connectivity index (χ1v) is 9.56. The van der Waals surface area contributed by atoms with Crippen LogP contribution in [0.1, 0.15) is 35.6 Å². The summed E-state index contributed by atoms with van der Waals surface area (Å²) in [5, 5.41) is 20.8. The minimum absolute atomic E-state index is 0.0172. The summed E-state index contributed by atoms with van der Waals surface area (Å²) in [6.45, 7) is 3.90. The number of ether oxygens (including phenoxy) is 1. The first-order chi connectivity index (χ1) is 14.4. The lowest BCUT2D eigenvalue weighted by Crippen LogP contribution is -2.12. The third-order valence-corrected chi connectivity index (χ3v) is 5.00. The van der Waals surface area contributed by atoms with Crippen molar-refractivity contribution in [1.29, 1.82) is 5.26 Å². The topological polar surface area (TPSA) is 98.2 Å². The number of aromatic nitrogens is 1. The van der Waals surface area contributed by atoms with Gasteiger partial charge in [-0.1, -0.05) is 43.3 Å². The smallest absolute Gasteiger partial charge is 0.355 e. The van der Waals surface area contributed by atoms with Crippen LogP contribution in [0.25, 0.3) is 22.3 Å². The SMILES string of the molecule is CCOC(=O)c1c(-c2ccc(-c3cccc([N+](=O)[O-])c3)cc2)c(C#N)c(CC)n1C. The van der Waals surface area contributed by atoms with E-state index in [0.717, 1.165) is 11.3 Å². The van der Waals surface area contributed by atoms with Gasteiger partial charge in [-0.15, -0.1) is 0 Å². The molecule has 0 spiro atoms. The standard InChI is InChI=1S/C23H21N3O4/c1-4-20-19(14-24)21(22(25(20)3)23(27)30-5-2)16-11-9-15(10-12-16)17-7-6-8-18(13-17)26(28)29/h6-13H,4-5H2,1-3H3. The lowest BCUT2D eigenvalue weighted by molar-refractivity contribution is -0.384. The van der Waals surface area contributed by atoms with Gasteiger partial charge >= 0.3 is 5.97 Å². The molecule has 0 aliphatic carbocycles. The molecule has 0 aliphatic heterocycles. The zero-order valence-corrected chi connectivity index (χ0v) is 17.0. The number of rotatable bonds is 6. The van der Waals surface area contributed by atoms with Crippen LogP contribution >= 0.6 is 0 Å². The maximum Gasteiger partial charge on any atom is 0.355 e. The average molecular weight is 403 g/mol. The maximum atomic E-state index is 12.6. The summed E-state index contributed by atoms with van der Waals surface area (Å²) in [4.78, 5) is 23.2. The molecule has 0 saturated heterocycles. The molecule has 0 amide bonds. The van der Waals surface area contributed by atoms with E-state index in [0.29, 0.717) is 34.4 Å². The highest BCUT2D eigenvalue weighted by Gasteiger charge is 2.26. The van der Waals surface area contributed by atoms with Crippen molar-refractivity contribution in [2.75, 3.05) is 6.61 Å². The number of hydrogen-bond acceptors (Lipinski definition) is 5. The van der Waals surface area contributed by atoms with Crippen molar-refractivity contribution in [3.63, 3.8) is 0 Å². The molecule has 0 unspecified atom stereocenters. The third-order valence-electron chi connectivity index (χ3n) is 5.00. The average Bonchev–Trinajstić information content (AvgIpc) is 3.05. The Bertz CT molecular complexity index is 1150. The lowest BCUT2D eigenvalue weighted by atomic mass is 9.97. The van der Waals surface area contributed by atoms with E-state index in [4.69, 9.17) is 4.74 Å². The summed E-state index contributed by atoms with van der Waals surface area (Å²) < 4.78 is 6.95. The van der Waals surface area contributed by atoms with Crippen LogP contribution < -0.4 is 0 Å². The minimum Gasteiger partial charge on any atom is -0.461 e. The van der Waals surface area contributed by atoms with Gasteiger partial charge < -0.3 is 9.30 Å². The Labute approximate surface area is 174 Å². The Hall–Kier alpha value is -3.92. The van der Waals surface area contributed by atoms with Gasteiger partial charge in [0.05, 0.1) is 17.1 Å². The van der Waals surface area contributed by atoms with Crippen molar-refractivity contribution >= 4 is 11.7 Å². The summed E-state index contributed by atoms with van der Waals surface area (Å²) in [6.07, 6.45) is 0.595. The number of nitro groups is 1. The maximum absolute atomic E-state index is 12.6.